The predicted molar refractivity (Wildman–Crippen MR) is 292 cm³/mol. The molecule has 0 radical (unpaired) electrons. The van der Waals surface area contributed by atoms with Crippen LogP contribution in [0.3, 0.4) is 0 Å². The summed E-state index contributed by atoms with van der Waals surface area (Å²) in [7, 11) is 0. The molecule has 3 unspecified atom stereocenters. The Bertz CT molecular complexity index is 3270. The van der Waals surface area contributed by atoms with E-state index in [1.165, 1.54) is 38.9 Å². The molecule has 11 rings (SSSR count). The van der Waals surface area contributed by atoms with Crippen molar-refractivity contribution in [1.29, 1.82) is 5.26 Å². The Kier molecular flexibility index (Phi) is 14.6. The van der Waals surface area contributed by atoms with Crippen LogP contribution in [0.5, 0.6) is 0 Å². The molecule has 74 heavy (non-hydrogen) atoms. The molecule has 6 aromatic carbocycles. The van der Waals surface area contributed by atoms with Gasteiger partial charge < -0.3 is 30.1 Å². The number of amides is 2. The second-order valence-corrected chi connectivity index (χ2v) is 19.4. The van der Waals surface area contributed by atoms with E-state index in [2.05, 4.69) is 48.5 Å². The maximum Gasteiger partial charge on any atom is 0.233 e. The number of ether oxygens (including phenoxy) is 1. The Balaban J connectivity index is 0.776. The molecule has 0 aliphatic carbocycles. The van der Waals surface area contributed by atoms with Gasteiger partial charge in [0.05, 0.1) is 65.5 Å². The van der Waals surface area contributed by atoms with Gasteiger partial charge in [-0.3, -0.25) is 24.5 Å². The molecular formula is C60H59N11O3. The first-order valence-electron chi connectivity index (χ1n) is 25.8. The normalized spacial score (nSPS) is 17.2. The van der Waals surface area contributed by atoms with E-state index in [1.54, 1.807) is 6.20 Å². The molecule has 0 spiro atoms. The number of benzene rings is 6. The summed E-state index contributed by atoms with van der Waals surface area (Å²) in [5, 5.41) is 15.7. The fourth-order valence-corrected chi connectivity index (χ4v) is 10.6. The van der Waals surface area contributed by atoms with Crippen molar-refractivity contribution in [2.75, 3.05) is 92.5 Å². The van der Waals surface area contributed by atoms with Crippen molar-refractivity contribution in [2.45, 2.75) is 37.2 Å². The van der Waals surface area contributed by atoms with Gasteiger partial charge in [-0.1, -0.05) is 97.1 Å². The van der Waals surface area contributed by atoms with Crippen molar-refractivity contribution in [2.24, 2.45) is 0 Å². The van der Waals surface area contributed by atoms with E-state index in [9.17, 15) is 14.9 Å². The van der Waals surface area contributed by atoms with Gasteiger partial charge >= 0.3 is 0 Å². The molecule has 0 bridgehead atoms. The van der Waals surface area contributed by atoms with Crippen molar-refractivity contribution in [3.8, 4) is 28.3 Å². The number of aromatic nitrogens is 4. The quantitative estimate of drug-likeness (QED) is 0.101. The van der Waals surface area contributed by atoms with Gasteiger partial charge in [-0.2, -0.15) is 5.26 Å². The van der Waals surface area contributed by atoms with Gasteiger partial charge in [-0.05, 0) is 127 Å². The first kappa shape index (κ1) is 48.2. The summed E-state index contributed by atoms with van der Waals surface area (Å²) in [4.78, 5) is 58.4. The summed E-state index contributed by atoms with van der Waals surface area (Å²) in [5.74, 6) is -0.766. The lowest BCUT2D eigenvalue weighted by atomic mass is 9.80. The van der Waals surface area contributed by atoms with Crippen molar-refractivity contribution in [3.05, 3.63) is 169 Å². The lowest BCUT2D eigenvalue weighted by Crippen LogP contribution is -2.47. The van der Waals surface area contributed by atoms with Crippen LogP contribution in [-0.2, 0) is 14.3 Å². The van der Waals surface area contributed by atoms with E-state index < -0.39 is 17.9 Å². The van der Waals surface area contributed by atoms with E-state index in [0.717, 1.165) is 82.9 Å². The molecule has 8 aromatic rings. The van der Waals surface area contributed by atoms with E-state index in [4.69, 9.17) is 19.7 Å². The molecule has 2 amide bonds. The number of hydrogen-bond donors (Lipinski definition) is 2. The highest BCUT2D eigenvalue weighted by atomic mass is 16.5. The summed E-state index contributed by atoms with van der Waals surface area (Å²) in [6, 6.07) is 48.7. The largest absolute Gasteiger partial charge is 0.360 e. The lowest BCUT2D eigenvalue weighted by molar-refractivity contribution is -0.124. The number of anilines is 4. The van der Waals surface area contributed by atoms with E-state index in [-0.39, 0.29) is 11.8 Å². The van der Waals surface area contributed by atoms with Crippen molar-refractivity contribution >= 4 is 56.9 Å². The number of nitrogens with zero attached hydrogens (tertiary/aromatic N) is 9. The van der Waals surface area contributed by atoms with Gasteiger partial charge in [0, 0.05) is 44.1 Å². The molecule has 5 heterocycles. The molecular weight excluding hydrogens is 923 g/mol. The second-order valence-electron chi connectivity index (χ2n) is 19.4. The van der Waals surface area contributed by atoms with Crippen LogP contribution in [0.25, 0.3) is 44.3 Å². The first-order valence-corrected chi connectivity index (χ1v) is 25.8. The third-order valence-corrected chi connectivity index (χ3v) is 14.6. The number of carbonyl (C=O) groups is 2. The third-order valence-electron chi connectivity index (χ3n) is 14.6. The smallest absolute Gasteiger partial charge is 0.233 e. The van der Waals surface area contributed by atoms with Gasteiger partial charge in [0.2, 0.25) is 11.8 Å². The number of nitriles is 1. The predicted octanol–water partition coefficient (Wildman–Crippen LogP) is 9.39. The summed E-state index contributed by atoms with van der Waals surface area (Å²) >= 11 is 0. The van der Waals surface area contributed by atoms with Crippen LogP contribution < -0.4 is 20.4 Å². The van der Waals surface area contributed by atoms with E-state index in [0.29, 0.717) is 48.0 Å². The van der Waals surface area contributed by atoms with Crippen LogP contribution in [0.2, 0.25) is 0 Å². The van der Waals surface area contributed by atoms with Gasteiger partial charge in [-0.15, -0.1) is 0 Å². The molecule has 372 valence electrons. The van der Waals surface area contributed by atoms with Gasteiger partial charge in [0.1, 0.15) is 11.6 Å². The first-order chi connectivity index (χ1) is 36.4. The minimum Gasteiger partial charge on any atom is -0.360 e. The topological polar surface area (TPSA) is 156 Å². The Hall–Kier alpha value is -8.09. The number of piperazine rings is 1. The molecule has 14 nitrogen and oxygen atoms in total. The van der Waals surface area contributed by atoms with Crippen LogP contribution in [-0.4, -0.2) is 120 Å². The molecule has 3 aliphatic rings. The summed E-state index contributed by atoms with van der Waals surface area (Å²) in [6.07, 6.45) is 7.04. The zero-order valence-electron chi connectivity index (χ0n) is 41.4. The minimum atomic E-state index is -0.877. The number of fused-ring (bicyclic) bond motifs is 2. The molecule has 2 aromatic heterocycles. The van der Waals surface area contributed by atoms with Crippen molar-refractivity contribution in [1.82, 2.24) is 29.7 Å². The number of hydrogen-bond acceptors (Lipinski definition) is 12. The van der Waals surface area contributed by atoms with Crippen LogP contribution in [0.15, 0.2) is 158 Å². The Morgan fingerprint density at radius 3 is 1.53 bits per heavy atom. The molecule has 0 saturated carbocycles. The number of rotatable bonds is 15. The third kappa shape index (κ3) is 11.1. The zero-order valence-corrected chi connectivity index (χ0v) is 41.4. The Morgan fingerprint density at radius 2 is 1.03 bits per heavy atom. The van der Waals surface area contributed by atoms with Gasteiger partial charge in [0.25, 0.3) is 0 Å². The van der Waals surface area contributed by atoms with Crippen LogP contribution in [0.1, 0.15) is 42.2 Å². The van der Waals surface area contributed by atoms with Crippen LogP contribution >= 0.6 is 0 Å². The van der Waals surface area contributed by atoms with Crippen molar-refractivity contribution < 1.29 is 14.3 Å². The monoisotopic (exact) mass is 981 g/mol. The van der Waals surface area contributed by atoms with Crippen LogP contribution in [0, 0.1) is 11.3 Å². The zero-order chi connectivity index (χ0) is 50.2. The van der Waals surface area contributed by atoms with Gasteiger partial charge in [-0.25, -0.2) is 9.97 Å². The number of likely N-dealkylation sites (tertiary alicyclic amines) is 1. The number of morpholine rings is 1. The fraction of sp³-hybridized carbons (Fsp3) is 0.283. The average molecular weight is 982 g/mol. The summed E-state index contributed by atoms with van der Waals surface area (Å²) in [5.41, 5.74) is 9.67. The minimum absolute atomic E-state index is 0.305. The highest BCUT2D eigenvalue weighted by Crippen LogP contribution is 2.37. The van der Waals surface area contributed by atoms with Crippen LogP contribution in [0.4, 0.5) is 23.0 Å². The highest BCUT2D eigenvalue weighted by Gasteiger charge is 2.37. The summed E-state index contributed by atoms with van der Waals surface area (Å²) < 4.78 is 5.53. The summed E-state index contributed by atoms with van der Waals surface area (Å²) in [6.45, 7) is 10.3. The van der Waals surface area contributed by atoms with E-state index >= 15 is 0 Å². The molecule has 3 aliphatic heterocycles. The Morgan fingerprint density at radius 1 is 0.554 bits per heavy atom. The molecule has 14 heteroatoms. The second kappa shape index (κ2) is 22.4. The molecule has 2 N–H and O–H groups in total. The number of carbonyl (C=O) groups excluding carboxylic acids is 2. The molecule has 3 saturated heterocycles. The SMILES string of the molecule is N#CC1CN(c2cnc3ccc(-c4ccc(NC(=O)C(c5ccccc5)C(C(=O)Nc5ccc(-c6ccc7ncc(N8CCN(CCCN9CCCC9)CC8)nc7c6)cc5)c5ccccc5)cc4)cc3n2)CCO1. The fourth-order valence-electron chi connectivity index (χ4n) is 10.6. The van der Waals surface area contributed by atoms with E-state index in [1.807, 2.05) is 145 Å². The molecule has 3 atom stereocenters. The maximum absolute atomic E-state index is 14.8. The van der Waals surface area contributed by atoms with Gasteiger partial charge in [0.15, 0.2) is 6.10 Å². The standard InChI is InChI=1S/C60H59N11O3/c61-38-50-41-71(34-35-74-50)56-40-63-52-25-19-47(37-54(52)67-56)43-16-22-49(23-17-43)65-60(73)58(45-12-5-2-6-13-45)57(44-10-3-1-4-11-44)59(72)64-48-20-14-42(15-21-48)46-18-24-51-53(36-46)66-55(39-62-51)70-32-30-69(31-33-70)29-9-28-68-26-7-8-27-68/h1-6,10-25,36-37,39-40,50,57-58H,7-9,26-35,41H2,(H,64,72)(H,65,73). The Labute approximate surface area is 431 Å². The highest BCUT2D eigenvalue weighted by molar-refractivity contribution is 6.05. The molecule has 3 fully saturated rings. The number of nitrogens with one attached hydrogen (secondary N) is 2. The average Bonchev–Trinajstić information content (AvgIpc) is 3.98. The van der Waals surface area contributed by atoms with Crippen molar-refractivity contribution in [3.63, 3.8) is 0 Å². The maximum atomic E-state index is 14.8. The lowest BCUT2D eigenvalue weighted by Gasteiger charge is -2.35.